The molecule has 0 radical (unpaired) electrons. The molecule has 0 saturated heterocycles. The van der Waals surface area contributed by atoms with Crippen LogP contribution in [0.4, 0.5) is 5.69 Å². The van der Waals surface area contributed by atoms with Crippen molar-refractivity contribution in [1.82, 2.24) is 14.7 Å². The Morgan fingerprint density at radius 3 is 2.95 bits per heavy atom. The molecule has 3 rings (SSSR count). The van der Waals surface area contributed by atoms with Gasteiger partial charge in [0.2, 0.25) is 5.89 Å². The zero-order valence-corrected chi connectivity index (χ0v) is 10.2. The molecule has 9 nitrogen and oxygen atoms in total. The monoisotopic (exact) mass is 278 g/mol. The van der Waals surface area contributed by atoms with E-state index in [1.54, 1.807) is 0 Å². The van der Waals surface area contributed by atoms with Crippen molar-refractivity contribution in [3.63, 3.8) is 0 Å². The first-order valence-corrected chi connectivity index (χ1v) is 5.95. The highest BCUT2D eigenvalue weighted by molar-refractivity contribution is 5.86. The Labute approximate surface area is 112 Å². The van der Waals surface area contributed by atoms with Gasteiger partial charge in [0, 0.05) is 12.0 Å². The van der Waals surface area contributed by atoms with Gasteiger partial charge < -0.3 is 14.2 Å². The maximum absolute atomic E-state index is 11.1. The average Bonchev–Trinajstić information content (AvgIpc) is 2.98. The topological polar surface area (TPSA) is 124 Å². The molecule has 1 saturated carbocycles. The van der Waals surface area contributed by atoms with Gasteiger partial charge in [-0.2, -0.15) is 4.98 Å². The zero-order valence-electron chi connectivity index (χ0n) is 10.2. The minimum Gasteiger partial charge on any atom is -0.477 e. The predicted octanol–water partition coefficient (Wildman–Crippen LogP) is 1.40. The average molecular weight is 278 g/mol. The number of nitro groups is 1. The Hall–Kier alpha value is -2.71. The molecule has 0 spiro atoms. The van der Waals surface area contributed by atoms with Crippen LogP contribution in [-0.4, -0.2) is 30.7 Å². The van der Waals surface area contributed by atoms with Crippen LogP contribution in [0.25, 0.3) is 0 Å². The fourth-order valence-corrected chi connectivity index (χ4v) is 1.89. The number of nitrogens with zero attached hydrogens (tertiary/aromatic N) is 4. The molecule has 0 unspecified atom stereocenters. The maximum Gasteiger partial charge on any atom is 0.352 e. The first kappa shape index (κ1) is 12.3. The van der Waals surface area contributed by atoms with Gasteiger partial charge in [0.05, 0.1) is 11.1 Å². The summed E-state index contributed by atoms with van der Waals surface area (Å²) in [6.45, 7) is -0.00477. The Morgan fingerprint density at radius 2 is 2.35 bits per heavy atom. The van der Waals surface area contributed by atoms with Gasteiger partial charge >= 0.3 is 5.97 Å². The number of aromatic nitrogens is 3. The van der Waals surface area contributed by atoms with Gasteiger partial charge in [-0.25, -0.2) is 4.79 Å². The van der Waals surface area contributed by atoms with Crippen molar-refractivity contribution in [1.29, 1.82) is 0 Å². The number of carbonyl (C=O) groups is 1. The first-order valence-electron chi connectivity index (χ1n) is 5.95. The standard InChI is InChI=1S/C11H10N4O5/c16-11(17)8-3-7(15(18)19)4-14(8)5-9-12-10(13-20-9)6-1-2-6/h3-4,6H,1-2,5H2,(H,16,17). The summed E-state index contributed by atoms with van der Waals surface area (Å²) in [5.41, 5.74) is -0.479. The van der Waals surface area contributed by atoms with Crippen LogP contribution in [0.15, 0.2) is 16.8 Å². The number of hydrogen-bond donors (Lipinski definition) is 1. The highest BCUT2D eigenvalue weighted by atomic mass is 16.6. The predicted molar refractivity (Wildman–Crippen MR) is 63.4 cm³/mol. The molecule has 0 aliphatic heterocycles. The summed E-state index contributed by atoms with van der Waals surface area (Å²) in [6.07, 6.45) is 3.19. The molecule has 2 heterocycles. The fraction of sp³-hybridized carbons (Fsp3) is 0.364. The zero-order chi connectivity index (χ0) is 14.3. The van der Waals surface area contributed by atoms with E-state index >= 15 is 0 Å². The summed E-state index contributed by atoms with van der Waals surface area (Å²) in [6, 6.07) is 1.00. The number of aromatic carboxylic acids is 1. The van der Waals surface area contributed by atoms with Gasteiger partial charge in [0.15, 0.2) is 5.82 Å². The summed E-state index contributed by atoms with van der Waals surface area (Å²) in [7, 11) is 0. The van der Waals surface area contributed by atoms with Crippen molar-refractivity contribution in [2.24, 2.45) is 0 Å². The van der Waals surface area contributed by atoms with Crippen molar-refractivity contribution in [3.8, 4) is 0 Å². The van der Waals surface area contributed by atoms with Crippen LogP contribution in [0, 0.1) is 10.1 Å². The van der Waals surface area contributed by atoms with Crippen molar-refractivity contribution in [3.05, 3.63) is 39.8 Å². The van der Waals surface area contributed by atoms with Gasteiger partial charge in [-0.05, 0) is 12.8 Å². The second kappa shape index (κ2) is 4.44. The van der Waals surface area contributed by atoms with Crippen molar-refractivity contribution >= 4 is 11.7 Å². The van der Waals surface area contributed by atoms with Gasteiger partial charge in [-0.3, -0.25) is 10.1 Å². The smallest absolute Gasteiger partial charge is 0.352 e. The minimum absolute atomic E-state index is 0.00477. The van der Waals surface area contributed by atoms with E-state index in [0.717, 1.165) is 25.1 Å². The third-order valence-electron chi connectivity index (χ3n) is 3.04. The number of hydrogen-bond acceptors (Lipinski definition) is 6. The van der Waals surface area contributed by atoms with E-state index < -0.39 is 10.9 Å². The Bertz CT molecular complexity index is 685. The van der Waals surface area contributed by atoms with Gasteiger partial charge in [0.25, 0.3) is 5.69 Å². The van der Waals surface area contributed by atoms with Crippen LogP contribution >= 0.6 is 0 Å². The summed E-state index contributed by atoms with van der Waals surface area (Å²) in [5, 5.41) is 23.5. The summed E-state index contributed by atoms with van der Waals surface area (Å²) < 4.78 is 6.24. The molecule has 9 heteroatoms. The lowest BCUT2D eigenvalue weighted by molar-refractivity contribution is -0.384. The van der Waals surface area contributed by atoms with Crippen molar-refractivity contribution in [2.75, 3.05) is 0 Å². The van der Waals surface area contributed by atoms with Crippen LogP contribution < -0.4 is 0 Å². The molecule has 20 heavy (non-hydrogen) atoms. The van der Waals surface area contributed by atoms with E-state index in [4.69, 9.17) is 9.63 Å². The largest absolute Gasteiger partial charge is 0.477 e. The number of carboxylic acid groups (broad SMARTS) is 1. The highest BCUT2D eigenvalue weighted by Crippen LogP contribution is 2.38. The van der Waals surface area contributed by atoms with Gasteiger partial charge in [0.1, 0.15) is 12.2 Å². The lowest BCUT2D eigenvalue weighted by atomic mass is 10.4. The Morgan fingerprint density at radius 1 is 1.60 bits per heavy atom. The maximum atomic E-state index is 11.1. The highest BCUT2D eigenvalue weighted by Gasteiger charge is 2.29. The quantitative estimate of drug-likeness (QED) is 0.647. The Balaban J connectivity index is 1.87. The second-order valence-electron chi connectivity index (χ2n) is 4.59. The van der Waals surface area contributed by atoms with E-state index in [9.17, 15) is 14.9 Å². The molecule has 1 aliphatic rings. The van der Waals surface area contributed by atoms with Crippen molar-refractivity contribution in [2.45, 2.75) is 25.3 Å². The summed E-state index contributed by atoms with van der Waals surface area (Å²) in [5.74, 6) is -0.0797. The molecule has 0 aromatic carbocycles. The lowest BCUT2D eigenvalue weighted by Gasteiger charge is -2.00. The second-order valence-corrected chi connectivity index (χ2v) is 4.59. The third kappa shape index (κ3) is 2.25. The van der Waals surface area contributed by atoms with Crippen molar-refractivity contribution < 1.29 is 19.3 Å². The number of carboxylic acids is 1. The molecule has 0 bridgehead atoms. The van der Waals surface area contributed by atoms with Crippen LogP contribution in [0.1, 0.15) is 41.0 Å². The fourth-order valence-electron chi connectivity index (χ4n) is 1.89. The molecular weight excluding hydrogens is 268 g/mol. The molecule has 2 aromatic heterocycles. The van der Waals surface area contributed by atoms with E-state index in [1.165, 1.54) is 4.57 Å². The van der Waals surface area contributed by atoms with Gasteiger partial charge in [-0.1, -0.05) is 5.16 Å². The Kier molecular flexibility index (Phi) is 2.74. The van der Waals surface area contributed by atoms with Gasteiger partial charge in [-0.15, -0.1) is 0 Å². The SMILES string of the molecule is O=C(O)c1cc([N+](=O)[O-])cn1Cc1nc(C2CC2)no1. The summed E-state index contributed by atoms with van der Waals surface area (Å²) in [4.78, 5) is 25.3. The third-order valence-corrected chi connectivity index (χ3v) is 3.04. The van der Waals surface area contributed by atoms with E-state index in [0.29, 0.717) is 11.7 Å². The normalized spacial score (nSPS) is 14.4. The van der Waals surface area contributed by atoms with E-state index in [2.05, 4.69) is 10.1 Å². The molecule has 1 N–H and O–H groups in total. The molecule has 1 fully saturated rings. The number of rotatable bonds is 5. The molecule has 0 atom stereocenters. The van der Waals surface area contributed by atoms with E-state index in [1.807, 2.05) is 0 Å². The molecular formula is C11H10N4O5. The molecule has 2 aromatic rings. The van der Waals surface area contributed by atoms with Crippen LogP contribution in [0.5, 0.6) is 0 Å². The molecule has 104 valence electrons. The van der Waals surface area contributed by atoms with Crippen LogP contribution in [-0.2, 0) is 6.54 Å². The minimum atomic E-state index is -1.25. The molecule has 1 aliphatic carbocycles. The molecule has 0 amide bonds. The van der Waals surface area contributed by atoms with Crippen LogP contribution in [0.3, 0.4) is 0 Å². The van der Waals surface area contributed by atoms with E-state index in [-0.39, 0.29) is 23.8 Å². The van der Waals surface area contributed by atoms with Crippen LogP contribution in [0.2, 0.25) is 0 Å². The first-order chi connectivity index (χ1) is 9.54. The lowest BCUT2D eigenvalue weighted by Crippen LogP contribution is -2.08. The summed E-state index contributed by atoms with van der Waals surface area (Å²) >= 11 is 0.